The minimum Gasteiger partial charge on any atom is -0.462 e. The van der Waals surface area contributed by atoms with Gasteiger partial charge in [0.1, 0.15) is 11.3 Å². The van der Waals surface area contributed by atoms with Crippen LogP contribution in [-0.2, 0) is 9.47 Å². The van der Waals surface area contributed by atoms with Crippen molar-refractivity contribution >= 4 is 23.4 Å². The van der Waals surface area contributed by atoms with Crippen molar-refractivity contribution in [2.75, 3.05) is 11.9 Å². The summed E-state index contributed by atoms with van der Waals surface area (Å²) in [5, 5.41) is 13.6. The van der Waals surface area contributed by atoms with Crippen LogP contribution in [0, 0.1) is 17.0 Å². The Morgan fingerprint density at radius 2 is 1.91 bits per heavy atom. The predicted molar refractivity (Wildman–Crippen MR) is 83.6 cm³/mol. The molecule has 0 saturated heterocycles. The Morgan fingerprint density at radius 1 is 1.30 bits per heavy atom. The average Bonchev–Trinajstić information content (AvgIpc) is 2.36. The van der Waals surface area contributed by atoms with Gasteiger partial charge in [-0.15, -0.1) is 0 Å². The lowest BCUT2D eigenvalue weighted by molar-refractivity contribution is -0.384. The minimum atomic E-state index is -0.892. The largest absolute Gasteiger partial charge is 0.462 e. The van der Waals surface area contributed by atoms with Crippen molar-refractivity contribution in [3.05, 3.63) is 33.4 Å². The number of nitrogens with zero attached hydrogens (tertiary/aromatic N) is 1. The number of hydrogen-bond acceptors (Lipinski definition) is 6. The Balaban J connectivity index is 3.34. The molecule has 0 fully saturated rings. The van der Waals surface area contributed by atoms with Crippen molar-refractivity contribution in [1.29, 1.82) is 0 Å². The third-order valence-electron chi connectivity index (χ3n) is 2.68. The van der Waals surface area contributed by atoms with Crippen LogP contribution in [0.15, 0.2) is 12.1 Å². The van der Waals surface area contributed by atoms with E-state index in [-0.39, 0.29) is 23.5 Å². The van der Waals surface area contributed by atoms with Gasteiger partial charge in [-0.25, -0.2) is 9.59 Å². The number of esters is 1. The van der Waals surface area contributed by atoms with Gasteiger partial charge in [-0.2, -0.15) is 0 Å². The summed E-state index contributed by atoms with van der Waals surface area (Å²) in [4.78, 5) is 34.6. The van der Waals surface area contributed by atoms with Gasteiger partial charge in [0.2, 0.25) is 0 Å². The van der Waals surface area contributed by atoms with Crippen LogP contribution in [-0.4, -0.2) is 29.2 Å². The van der Waals surface area contributed by atoms with E-state index in [4.69, 9.17) is 9.47 Å². The summed E-state index contributed by atoms with van der Waals surface area (Å²) in [6.45, 7) is 8.19. The highest BCUT2D eigenvalue weighted by atomic mass is 16.6. The summed E-state index contributed by atoms with van der Waals surface area (Å²) in [5.41, 5.74) is -1.19. The van der Waals surface area contributed by atoms with Crippen molar-refractivity contribution in [2.45, 2.75) is 40.2 Å². The lowest BCUT2D eigenvalue weighted by Crippen LogP contribution is -2.28. The van der Waals surface area contributed by atoms with Gasteiger partial charge in [-0.3, -0.25) is 15.4 Å². The molecule has 1 aromatic carbocycles. The van der Waals surface area contributed by atoms with Crippen molar-refractivity contribution in [1.82, 2.24) is 0 Å². The maximum absolute atomic E-state index is 12.0. The van der Waals surface area contributed by atoms with Crippen LogP contribution >= 0.6 is 0 Å². The van der Waals surface area contributed by atoms with Crippen LogP contribution in [0.3, 0.4) is 0 Å². The fourth-order valence-corrected chi connectivity index (χ4v) is 1.84. The third kappa shape index (κ3) is 4.94. The van der Waals surface area contributed by atoms with Gasteiger partial charge in [-0.05, 0) is 40.7 Å². The van der Waals surface area contributed by atoms with Crippen LogP contribution in [0.25, 0.3) is 0 Å². The predicted octanol–water partition coefficient (Wildman–Crippen LogP) is 3.43. The summed E-state index contributed by atoms with van der Waals surface area (Å²) in [6.07, 6.45) is -0.892. The fourth-order valence-electron chi connectivity index (χ4n) is 1.84. The van der Waals surface area contributed by atoms with Gasteiger partial charge in [0.05, 0.1) is 17.1 Å². The van der Waals surface area contributed by atoms with Crippen molar-refractivity contribution in [3.8, 4) is 0 Å². The molecule has 0 aliphatic rings. The zero-order valence-electron chi connectivity index (χ0n) is 13.8. The summed E-state index contributed by atoms with van der Waals surface area (Å²) >= 11 is 0. The second kappa shape index (κ2) is 7.08. The van der Waals surface area contributed by atoms with E-state index >= 15 is 0 Å². The summed E-state index contributed by atoms with van der Waals surface area (Å²) in [6, 6.07) is 2.79. The topological polar surface area (TPSA) is 108 Å². The van der Waals surface area contributed by atoms with Gasteiger partial charge in [0.15, 0.2) is 0 Å². The molecule has 1 N–H and O–H groups in total. The Hall–Kier alpha value is -2.64. The standard InChI is InChI=1S/C15H20N2O6/c1-6-22-13(18)10-8-7-9(2)12(17(20)21)11(10)16-14(19)23-15(3,4)5/h7-8H,6H2,1-5H3,(H,16,19). The molecule has 126 valence electrons. The first kappa shape index (κ1) is 18.4. The number of nitro benzene ring substituents is 1. The number of benzene rings is 1. The second-order valence-corrected chi connectivity index (χ2v) is 5.76. The molecule has 0 heterocycles. The molecule has 0 atom stereocenters. The van der Waals surface area contributed by atoms with E-state index in [9.17, 15) is 19.7 Å². The zero-order chi connectivity index (χ0) is 17.8. The Morgan fingerprint density at radius 3 is 2.39 bits per heavy atom. The maximum Gasteiger partial charge on any atom is 0.412 e. The molecule has 0 aromatic heterocycles. The van der Waals surface area contributed by atoms with Crippen molar-refractivity contribution in [3.63, 3.8) is 0 Å². The summed E-state index contributed by atoms with van der Waals surface area (Å²) < 4.78 is 9.96. The molecule has 23 heavy (non-hydrogen) atoms. The molecular weight excluding hydrogens is 304 g/mol. The van der Waals surface area contributed by atoms with Gasteiger partial charge in [0.25, 0.3) is 5.69 Å². The first-order valence-corrected chi connectivity index (χ1v) is 7.02. The molecule has 0 unspecified atom stereocenters. The number of carbonyl (C=O) groups excluding carboxylic acids is 2. The van der Waals surface area contributed by atoms with Crippen molar-refractivity contribution in [2.24, 2.45) is 0 Å². The third-order valence-corrected chi connectivity index (χ3v) is 2.68. The van der Waals surface area contributed by atoms with E-state index < -0.39 is 22.6 Å². The lowest BCUT2D eigenvalue weighted by Gasteiger charge is -2.20. The fraction of sp³-hybridized carbons (Fsp3) is 0.467. The number of rotatable bonds is 4. The van der Waals surface area contributed by atoms with Crippen LogP contribution < -0.4 is 5.32 Å². The Bertz CT molecular complexity index is 634. The number of ether oxygens (including phenoxy) is 2. The van der Waals surface area contributed by atoms with Gasteiger partial charge in [0, 0.05) is 5.56 Å². The van der Waals surface area contributed by atoms with E-state index in [1.807, 2.05) is 0 Å². The lowest BCUT2D eigenvalue weighted by atomic mass is 10.1. The number of amides is 1. The van der Waals surface area contributed by atoms with Gasteiger partial charge in [-0.1, -0.05) is 6.07 Å². The zero-order valence-corrected chi connectivity index (χ0v) is 13.8. The first-order chi connectivity index (χ1) is 10.6. The number of nitrogens with one attached hydrogen (secondary N) is 1. The number of carbonyl (C=O) groups is 2. The number of anilines is 1. The van der Waals surface area contributed by atoms with E-state index in [2.05, 4.69) is 5.32 Å². The second-order valence-electron chi connectivity index (χ2n) is 5.76. The smallest absolute Gasteiger partial charge is 0.412 e. The van der Waals surface area contributed by atoms with E-state index in [0.29, 0.717) is 5.56 Å². The number of hydrogen-bond donors (Lipinski definition) is 1. The highest BCUT2D eigenvalue weighted by molar-refractivity contribution is 6.03. The molecule has 1 amide bonds. The number of nitro groups is 1. The average molecular weight is 324 g/mol. The summed E-state index contributed by atoms with van der Waals surface area (Å²) in [7, 11) is 0. The molecule has 0 spiro atoms. The molecule has 0 radical (unpaired) electrons. The van der Waals surface area contributed by atoms with E-state index in [1.54, 1.807) is 27.7 Å². The Kier molecular flexibility index (Phi) is 5.67. The van der Waals surface area contributed by atoms with E-state index in [1.165, 1.54) is 19.1 Å². The molecular formula is C15H20N2O6. The molecule has 1 aromatic rings. The van der Waals surface area contributed by atoms with Gasteiger partial charge >= 0.3 is 12.1 Å². The molecule has 0 aliphatic carbocycles. The minimum absolute atomic E-state index is 0.102. The molecule has 0 saturated carbocycles. The van der Waals surface area contributed by atoms with Crippen molar-refractivity contribution < 1.29 is 24.0 Å². The first-order valence-electron chi connectivity index (χ1n) is 7.02. The van der Waals surface area contributed by atoms with E-state index in [0.717, 1.165) is 0 Å². The van der Waals surface area contributed by atoms with Crippen LogP contribution in [0.4, 0.5) is 16.2 Å². The Labute approximate surface area is 133 Å². The van der Waals surface area contributed by atoms with Crippen LogP contribution in [0.1, 0.15) is 43.6 Å². The number of aryl methyl sites for hydroxylation is 1. The van der Waals surface area contributed by atoms with Crippen LogP contribution in [0.2, 0.25) is 0 Å². The van der Waals surface area contributed by atoms with Gasteiger partial charge < -0.3 is 9.47 Å². The van der Waals surface area contributed by atoms with Crippen LogP contribution in [0.5, 0.6) is 0 Å². The molecule has 1 rings (SSSR count). The maximum atomic E-state index is 12.0. The molecule has 0 aliphatic heterocycles. The SMILES string of the molecule is CCOC(=O)c1ccc(C)c([N+](=O)[O-])c1NC(=O)OC(C)(C)C. The molecule has 8 nitrogen and oxygen atoms in total. The highest BCUT2D eigenvalue weighted by Crippen LogP contribution is 2.33. The highest BCUT2D eigenvalue weighted by Gasteiger charge is 2.28. The molecule has 8 heteroatoms. The monoisotopic (exact) mass is 324 g/mol. The summed E-state index contributed by atoms with van der Waals surface area (Å²) in [5.74, 6) is -0.762. The normalized spacial score (nSPS) is 10.8. The quantitative estimate of drug-likeness (QED) is 0.516. The molecule has 0 bridgehead atoms.